The van der Waals surface area contributed by atoms with Crippen LogP contribution in [0.25, 0.3) is 0 Å². The van der Waals surface area contributed by atoms with Gasteiger partial charge in [0.05, 0.1) is 11.7 Å². The molecule has 134 valence electrons. The molecule has 0 saturated carbocycles. The number of aromatic amines is 1. The number of H-pyrrole nitrogens is 1. The molecule has 1 aliphatic rings. The summed E-state index contributed by atoms with van der Waals surface area (Å²) >= 11 is 0. The predicted molar refractivity (Wildman–Crippen MR) is 92.8 cm³/mol. The summed E-state index contributed by atoms with van der Waals surface area (Å²) in [6, 6.07) is 4.54. The van der Waals surface area contributed by atoms with Crippen LogP contribution in [0.15, 0.2) is 24.5 Å². The van der Waals surface area contributed by atoms with Crippen LogP contribution in [-0.4, -0.2) is 40.3 Å². The highest BCUT2D eigenvalue weighted by Crippen LogP contribution is 2.24. The molecule has 0 radical (unpaired) electrons. The summed E-state index contributed by atoms with van der Waals surface area (Å²) in [6.07, 6.45) is 3.17. The van der Waals surface area contributed by atoms with Gasteiger partial charge in [0.15, 0.2) is 0 Å². The number of nitrogens with one attached hydrogen (secondary N) is 3. The zero-order chi connectivity index (χ0) is 17.8. The predicted octanol–water partition coefficient (Wildman–Crippen LogP) is 2.28. The van der Waals surface area contributed by atoms with Crippen LogP contribution in [-0.2, 0) is 0 Å². The number of rotatable bonds is 4. The Morgan fingerprint density at radius 2 is 2.32 bits per heavy atom. The highest BCUT2D eigenvalue weighted by molar-refractivity contribution is 5.74. The summed E-state index contributed by atoms with van der Waals surface area (Å²) in [4.78, 5) is 18.2. The molecule has 1 aliphatic heterocycles. The first kappa shape index (κ1) is 17.2. The first-order chi connectivity index (χ1) is 12.0. The highest BCUT2D eigenvalue weighted by Gasteiger charge is 2.24. The zero-order valence-electron chi connectivity index (χ0n) is 14.4. The summed E-state index contributed by atoms with van der Waals surface area (Å²) in [5.74, 6) is 0.372. The van der Waals surface area contributed by atoms with Crippen LogP contribution in [0.4, 0.5) is 14.9 Å². The Hall–Kier alpha value is -2.64. The molecule has 0 aliphatic carbocycles. The van der Waals surface area contributed by atoms with E-state index in [9.17, 15) is 9.18 Å². The minimum absolute atomic E-state index is 0.0319. The highest BCUT2D eigenvalue weighted by atomic mass is 19.1. The number of benzene rings is 1. The molecule has 8 heteroatoms. The molecule has 0 spiro atoms. The first-order valence-corrected chi connectivity index (χ1v) is 8.46. The number of aryl methyl sites for hydroxylation is 1. The van der Waals surface area contributed by atoms with Gasteiger partial charge in [-0.25, -0.2) is 14.2 Å². The summed E-state index contributed by atoms with van der Waals surface area (Å²) in [5, 5.41) is 12.3. The van der Waals surface area contributed by atoms with Crippen molar-refractivity contribution in [2.75, 3.05) is 18.0 Å². The number of urea groups is 1. The number of aromatic nitrogens is 3. The maximum absolute atomic E-state index is 14.1. The van der Waals surface area contributed by atoms with Crippen molar-refractivity contribution in [3.63, 3.8) is 0 Å². The monoisotopic (exact) mass is 346 g/mol. The molecule has 1 saturated heterocycles. The molecule has 2 aromatic rings. The molecule has 3 N–H and O–H groups in total. The molecule has 0 unspecified atom stereocenters. The normalized spacial score (nSPS) is 18.7. The van der Waals surface area contributed by atoms with E-state index < -0.39 is 0 Å². The van der Waals surface area contributed by atoms with Gasteiger partial charge in [-0.2, -0.15) is 5.10 Å². The standard InChI is InChI=1S/C17H23FN6O/c1-11-5-6-14(18)15(8-11)24-7-3-4-13(9-24)22-17(25)21-12(2)16-19-10-20-23-16/h5-6,8,10,12-13H,3-4,7,9H2,1-2H3,(H,19,20,23)(H2,21,22,25)/t12-,13+/m0/s1. The number of hydrogen-bond acceptors (Lipinski definition) is 4. The van der Waals surface area contributed by atoms with Crippen LogP contribution >= 0.6 is 0 Å². The Morgan fingerprint density at radius 3 is 3.08 bits per heavy atom. The van der Waals surface area contributed by atoms with Crippen molar-refractivity contribution in [1.29, 1.82) is 0 Å². The van der Waals surface area contributed by atoms with Gasteiger partial charge in [0, 0.05) is 19.1 Å². The van der Waals surface area contributed by atoms with Crippen molar-refractivity contribution in [2.24, 2.45) is 0 Å². The third-order valence-electron chi connectivity index (χ3n) is 4.39. The largest absolute Gasteiger partial charge is 0.367 e. The number of amides is 2. The van der Waals surface area contributed by atoms with E-state index in [1.807, 2.05) is 24.8 Å². The topological polar surface area (TPSA) is 85.9 Å². The molecule has 2 atom stereocenters. The van der Waals surface area contributed by atoms with E-state index in [4.69, 9.17) is 0 Å². The van der Waals surface area contributed by atoms with E-state index in [2.05, 4.69) is 25.8 Å². The van der Waals surface area contributed by atoms with Gasteiger partial charge >= 0.3 is 6.03 Å². The number of carbonyl (C=O) groups is 1. The third kappa shape index (κ3) is 4.26. The molecule has 1 fully saturated rings. The van der Waals surface area contributed by atoms with Crippen LogP contribution in [0.5, 0.6) is 0 Å². The Kier molecular flexibility index (Phi) is 5.16. The van der Waals surface area contributed by atoms with Crippen molar-refractivity contribution < 1.29 is 9.18 Å². The molecule has 7 nitrogen and oxygen atoms in total. The van der Waals surface area contributed by atoms with Crippen LogP contribution in [0, 0.1) is 12.7 Å². The van der Waals surface area contributed by atoms with Gasteiger partial charge in [-0.1, -0.05) is 6.07 Å². The van der Waals surface area contributed by atoms with Crippen molar-refractivity contribution in [3.05, 3.63) is 41.7 Å². The SMILES string of the molecule is Cc1ccc(F)c(N2CCC[C@@H](NC(=O)N[C@@H](C)c3ncn[nH]3)C2)c1. The van der Waals surface area contributed by atoms with Gasteiger partial charge in [0.2, 0.25) is 0 Å². The van der Waals surface area contributed by atoms with Crippen LogP contribution in [0.1, 0.15) is 37.2 Å². The van der Waals surface area contributed by atoms with E-state index in [1.54, 1.807) is 6.07 Å². The second kappa shape index (κ2) is 7.50. The minimum atomic E-state index is -0.267. The van der Waals surface area contributed by atoms with Gasteiger partial charge < -0.3 is 15.5 Å². The van der Waals surface area contributed by atoms with E-state index in [0.29, 0.717) is 18.1 Å². The minimum Gasteiger partial charge on any atom is -0.367 e. The molecular formula is C17H23FN6O. The van der Waals surface area contributed by atoms with Crippen molar-refractivity contribution >= 4 is 11.7 Å². The zero-order valence-corrected chi connectivity index (χ0v) is 14.4. The van der Waals surface area contributed by atoms with Gasteiger partial charge in [-0.3, -0.25) is 5.10 Å². The van der Waals surface area contributed by atoms with Gasteiger partial charge in [-0.05, 0) is 44.4 Å². The van der Waals surface area contributed by atoms with Crippen molar-refractivity contribution in [1.82, 2.24) is 25.8 Å². The van der Waals surface area contributed by atoms with Gasteiger partial charge in [0.1, 0.15) is 18.0 Å². The van der Waals surface area contributed by atoms with E-state index in [1.165, 1.54) is 12.4 Å². The lowest BCUT2D eigenvalue weighted by Crippen LogP contribution is -2.51. The number of halogens is 1. The van der Waals surface area contributed by atoms with Crippen LogP contribution < -0.4 is 15.5 Å². The van der Waals surface area contributed by atoms with Crippen LogP contribution in [0.2, 0.25) is 0 Å². The van der Waals surface area contributed by atoms with Crippen molar-refractivity contribution in [2.45, 2.75) is 38.8 Å². The molecule has 1 aromatic heterocycles. The maximum Gasteiger partial charge on any atom is 0.315 e. The van der Waals surface area contributed by atoms with Crippen molar-refractivity contribution in [3.8, 4) is 0 Å². The molecular weight excluding hydrogens is 323 g/mol. The second-order valence-electron chi connectivity index (χ2n) is 6.45. The molecule has 25 heavy (non-hydrogen) atoms. The van der Waals surface area contributed by atoms with E-state index in [0.717, 1.165) is 24.9 Å². The first-order valence-electron chi connectivity index (χ1n) is 8.46. The third-order valence-corrected chi connectivity index (χ3v) is 4.39. The number of hydrogen-bond donors (Lipinski definition) is 3. The molecule has 2 heterocycles. The second-order valence-corrected chi connectivity index (χ2v) is 6.45. The van der Waals surface area contributed by atoms with E-state index in [-0.39, 0.29) is 23.9 Å². The molecule has 2 amide bonds. The fraction of sp³-hybridized carbons (Fsp3) is 0.471. The number of piperidine rings is 1. The lowest BCUT2D eigenvalue weighted by molar-refractivity contribution is 0.231. The van der Waals surface area contributed by atoms with Gasteiger partial charge in [-0.15, -0.1) is 0 Å². The quantitative estimate of drug-likeness (QED) is 0.793. The van der Waals surface area contributed by atoms with Crippen LogP contribution in [0.3, 0.4) is 0 Å². The lowest BCUT2D eigenvalue weighted by atomic mass is 10.0. The lowest BCUT2D eigenvalue weighted by Gasteiger charge is -2.35. The Morgan fingerprint density at radius 1 is 1.48 bits per heavy atom. The summed E-state index contributed by atoms with van der Waals surface area (Å²) in [7, 11) is 0. The number of nitrogens with zero attached hydrogens (tertiary/aromatic N) is 3. The summed E-state index contributed by atoms with van der Waals surface area (Å²) in [5.41, 5.74) is 1.62. The number of carbonyl (C=O) groups excluding carboxylic acids is 1. The Balaban J connectivity index is 1.58. The maximum atomic E-state index is 14.1. The average molecular weight is 346 g/mol. The fourth-order valence-electron chi connectivity index (χ4n) is 3.09. The molecule has 3 rings (SSSR count). The molecule has 1 aromatic carbocycles. The summed E-state index contributed by atoms with van der Waals surface area (Å²) in [6.45, 7) is 5.15. The molecule has 0 bridgehead atoms. The van der Waals surface area contributed by atoms with E-state index >= 15 is 0 Å². The van der Waals surface area contributed by atoms with Gasteiger partial charge in [0.25, 0.3) is 0 Å². The Labute approximate surface area is 146 Å². The average Bonchev–Trinajstić information content (AvgIpc) is 3.12. The Bertz CT molecular complexity index is 720. The smallest absolute Gasteiger partial charge is 0.315 e. The summed E-state index contributed by atoms with van der Waals surface area (Å²) < 4.78 is 14.1. The number of anilines is 1. The fourth-order valence-corrected chi connectivity index (χ4v) is 3.09.